The van der Waals surface area contributed by atoms with Gasteiger partial charge >= 0.3 is 0 Å². The van der Waals surface area contributed by atoms with Crippen molar-refractivity contribution >= 4 is 0 Å². The van der Waals surface area contributed by atoms with Crippen molar-refractivity contribution in [3.8, 4) is 0 Å². The second-order valence-electron chi connectivity index (χ2n) is 4.63. The van der Waals surface area contributed by atoms with Crippen LogP contribution in [0.5, 0.6) is 0 Å². The molecule has 2 rings (SSSR count). The van der Waals surface area contributed by atoms with Gasteiger partial charge in [-0.1, -0.05) is 12.1 Å². The van der Waals surface area contributed by atoms with E-state index in [1.807, 2.05) is 12.1 Å². The third-order valence-corrected chi connectivity index (χ3v) is 2.91. The van der Waals surface area contributed by atoms with Crippen molar-refractivity contribution in [3.63, 3.8) is 0 Å². The molecule has 0 unspecified atom stereocenters. The van der Waals surface area contributed by atoms with Crippen molar-refractivity contribution < 1.29 is 4.39 Å². The fraction of sp³-hybridized carbons (Fsp3) is 0.500. The summed E-state index contributed by atoms with van der Waals surface area (Å²) in [5.74, 6) is -0.181. The summed E-state index contributed by atoms with van der Waals surface area (Å²) in [6.07, 6.45) is 0. The summed E-state index contributed by atoms with van der Waals surface area (Å²) in [7, 11) is 0. The summed E-state index contributed by atoms with van der Waals surface area (Å²) >= 11 is 0. The number of halogens is 1. The Bertz CT molecular complexity index is 328. The molecule has 1 saturated heterocycles. The summed E-state index contributed by atoms with van der Waals surface area (Å²) in [5.41, 5.74) is 1.02. The molecular formula is C12H17FN2. The highest BCUT2D eigenvalue weighted by Gasteiger charge is 2.27. The van der Waals surface area contributed by atoms with Gasteiger partial charge in [0, 0.05) is 24.7 Å². The van der Waals surface area contributed by atoms with Crippen molar-refractivity contribution in [2.45, 2.75) is 25.4 Å². The van der Waals surface area contributed by atoms with E-state index in [2.05, 4.69) is 24.5 Å². The third kappa shape index (κ3) is 2.36. The second-order valence-corrected chi connectivity index (χ2v) is 4.63. The minimum absolute atomic E-state index is 0.0968. The molecule has 0 aliphatic carbocycles. The normalized spacial score (nSPS) is 17.5. The van der Waals surface area contributed by atoms with Crippen LogP contribution < -0.4 is 10.6 Å². The van der Waals surface area contributed by atoms with E-state index in [-0.39, 0.29) is 11.4 Å². The minimum Gasteiger partial charge on any atom is -0.314 e. The minimum atomic E-state index is -0.181. The Morgan fingerprint density at radius 2 is 1.87 bits per heavy atom. The lowest BCUT2D eigenvalue weighted by Crippen LogP contribution is -2.59. The van der Waals surface area contributed by atoms with Crippen LogP contribution in [0.15, 0.2) is 24.3 Å². The highest BCUT2D eigenvalue weighted by molar-refractivity contribution is 5.23. The van der Waals surface area contributed by atoms with E-state index in [0.717, 1.165) is 18.7 Å². The summed E-state index contributed by atoms with van der Waals surface area (Å²) in [6, 6.07) is 7.24. The first-order chi connectivity index (χ1) is 7.08. The Morgan fingerprint density at radius 1 is 1.27 bits per heavy atom. The molecule has 1 fully saturated rings. The maximum Gasteiger partial charge on any atom is 0.123 e. The van der Waals surface area contributed by atoms with Crippen molar-refractivity contribution in [1.29, 1.82) is 0 Å². The van der Waals surface area contributed by atoms with Crippen LogP contribution in [0.25, 0.3) is 0 Å². The fourth-order valence-corrected chi connectivity index (χ4v) is 1.85. The van der Waals surface area contributed by atoms with E-state index in [9.17, 15) is 4.39 Å². The Labute approximate surface area is 89.9 Å². The monoisotopic (exact) mass is 208 g/mol. The predicted octanol–water partition coefficient (Wildman–Crippen LogP) is 1.62. The highest BCUT2D eigenvalue weighted by atomic mass is 19.1. The molecule has 0 saturated carbocycles. The Balaban J connectivity index is 2.09. The zero-order valence-corrected chi connectivity index (χ0v) is 9.18. The number of hydrogen-bond donors (Lipinski definition) is 2. The van der Waals surface area contributed by atoms with E-state index in [4.69, 9.17) is 0 Å². The Hall–Kier alpha value is -0.930. The van der Waals surface area contributed by atoms with Gasteiger partial charge in [0.25, 0.3) is 0 Å². The first-order valence-corrected chi connectivity index (χ1v) is 5.32. The summed E-state index contributed by atoms with van der Waals surface area (Å²) in [6.45, 7) is 6.28. The number of rotatable bonds is 3. The third-order valence-electron chi connectivity index (χ3n) is 2.91. The Kier molecular flexibility index (Phi) is 2.76. The van der Waals surface area contributed by atoms with E-state index < -0.39 is 0 Å². The Morgan fingerprint density at radius 3 is 2.33 bits per heavy atom. The quantitative estimate of drug-likeness (QED) is 0.788. The number of benzene rings is 1. The molecule has 82 valence electrons. The summed E-state index contributed by atoms with van der Waals surface area (Å²) in [4.78, 5) is 0. The lowest BCUT2D eigenvalue weighted by molar-refractivity contribution is 0.273. The molecule has 2 N–H and O–H groups in total. The standard InChI is InChI=1S/C12H17FN2/c1-12(2,15-11-7-14-8-11)9-3-5-10(13)6-4-9/h3-6,11,14-15H,7-8H2,1-2H3. The van der Waals surface area contributed by atoms with Crippen molar-refractivity contribution in [3.05, 3.63) is 35.6 Å². The summed E-state index contributed by atoms with van der Waals surface area (Å²) in [5, 5.41) is 6.77. The van der Waals surface area contributed by atoms with E-state index in [0.29, 0.717) is 6.04 Å². The molecule has 1 aliphatic rings. The van der Waals surface area contributed by atoms with E-state index >= 15 is 0 Å². The van der Waals surface area contributed by atoms with Gasteiger partial charge in [-0.3, -0.25) is 0 Å². The largest absolute Gasteiger partial charge is 0.314 e. The molecule has 2 nitrogen and oxygen atoms in total. The van der Waals surface area contributed by atoms with Crippen LogP contribution in [-0.2, 0) is 5.54 Å². The van der Waals surface area contributed by atoms with Gasteiger partial charge in [-0.2, -0.15) is 0 Å². The molecule has 0 atom stereocenters. The van der Waals surface area contributed by atoms with Crippen molar-refractivity contribution in [2.75, 3.05) is 13.1 Å². The zero-order chi connectivity index (χ0) is 10.9. The number of nitrogens with one attached hydrogen (secondary N) is 2. The lowest BCUT2D eigenvalue weighted by atomic mass is 9.92. The molecule has 1 heterocycles. The maximum absolute atomic E-state index is 12.8. The molecule has 0 radical (unpaired) electrons. The van der Waals surface area contributed by atoms with Crippen LogP contribution in [0, 0.1) is 5.82 Å². The van der Waals surface area contributed by atoms with Crippen LogP contribution in [0.3, 0.4) is 0 Å². The average Bonchev–Trinajstić information content (AvgIpc) is 2.13. The predicted molar refractivity (Wildman–Crippen MR) is 59.2 cm³/mol. The zero-order valence-electron chi connectivity index (χ0n) is 9.18. The highest BCUT2D eigenvalue weighted by Crippen LogP contribution is 2.21. The van der Waals surface area contributed by atoms with Gasteiger partial charge in [-0.05, 0) is 31.5 Å². The van der Waals surface area contributed by atoms with Gasteiger partial charge in [0.05, 0.1) is 0 Å². The molecule has 1 aliphatic heterocycles. The SMILES string of the molecule is CC(C)(NC1CNC1)c1ccc(F)cc1. The van der Waals surface area contributed by atoms with Crippen LogP contribution in [0.2, 0.25) is 0 Å². The lowest BCUT2D eigenvalue weighted by Gasteiger charge is -2.37. The van der Waals surface area contributed by atoms with Crippen molar-refractivity contribution in [2.24, 2.45) is 0 Å². The smallest absolute Gasteiger partial charge is 0.123 e. The fourth-order valence-electron chi connectivity index (χ4n) is 1.85. The van der Waals surface area contributed by atoms with Gasteiger partial charge in [0.2, 0.25) is 0 Å². The van der Waals surface area contributed by atoms with Gasteiger partial charge in [-0.15, -0.1) is 0 Å². The maximum atomic E-state index is 12.8. The van der Waals surface area contributed by atoms with Crippen molar-refractivity contribution in [1.82, 2.24) is 10.6 Å². The van der Waals surface area contributed by atoms with Crippen LogP contribution in [0.4, 0.5) is 4.39 Å². The molecule has 3 heteroatoms. The average molecular weight is 208 g/mol. The van der Waals surface area contributed by atoms with E-state index in [1.54, 1.807) is 0 Å². The molecule has 0 amide bonds. The van der Waals surface area contributed by atoms with Crippen LogP contribution in [-0.4, -0.2) is 19.1 Å². The first-order valence-electron chi connectivity index (χ1n) is 5.32. The second kappa shape index (κ2) is 3.91. The molecule has 0 spiro atoms. The first kappa shape index (κ1) is 10.6. The molecule has 15 heavy (non-hydrogen) atoms. The van der Waals surface area contributed by atoms with Gasteiger partial charge in [0.15, 0.2) is 0 Å². The van der Waals surface area contributed by atoms with Gasteiger partial charge in [-0.25, -0.2) is 4.39 Å². The molecule has 0 aromatic heterocycles. The molecule has 1 aromatic rings. The molecular weight excluding hydrogens is 191 g/mol. The van der Waals surface area contributed by atoms with Crippen LogP contribution in [0.1, 0.15) is 19.4 Å². The topological polar surface area (TPSA) is 24.1 Å². The summed E-state index contributed by atoms with van der Waals surface area (Å²) < 4.78 is 12.8. The number of hydrogen-bond acceptors (Lipinski definition) is 2. The van der Waals surface area contributed by atoms with Crippen LogP contribution >= 0.6 is 0 Å². The molecule has 1 aromatic carbocycles. The molecule has 0 bridgehead atoms. The van der Waals surface area contributed by atoms with Gasteiger partial charge < -0.3 is 10.6 Å². The van der Waals surface area contributed by atoms with Gasteiger partial charge in [0.1, 0.15) is 5.82 Å². The van der Waals surface area contributed by atoms with E-state index in [1.165, 1.54) is 12.1 Å².